The molecule has 0 spiro atoms. The fourth-order valence-corrected chi connectivity index (χ4v) is 3.62. The van der Waals surface area contributed by atoms with E-state index in [4.69, 9.17) is 4.74 Å². The molecule has 0 aromatic carbocycles. The van der Waals surface area contributed by atoms with Gasteiger partial charge in [-0.05, 0) is 30.4 Å². The molecule has 1 aliphatic rings. The van der Waals surface area contributed by atoms with Gasteiger partial charge in [0, 0.05) is 30.7 Å². The number of pyridine rings is 2. The van der Waals surface area contributed by atoms with E-state index in [9.17, 15) is 14.4 Å². The van der Waals surface area contributed by atoms with Crippen LogP contribution in [0, 0.1) is 17.1 Å². The Hall–Kier alpha value is -4.33. The standard InChI is InChI=1S/C22H19FN8O2/c1-33-22-20(23)17(15(6-24)7-26-22)8-25-21(32)18-12-31(29-28-18)11-16-10-30-9-14(13-2-3-13)4-5-19(30)27-16/h4-5,7,9-10,12-13H,2-3,8,11H2,1H3,(H,25,32). The van der Waals surface area contributed by atoms with Gasteiger partial charge in [0.1, 0.15) is 11.7 Å². The maximum absolute atomic E-state index is 14.4. The summed E-state index contributed by atoms with van der Waals surface area (Å²) in [6.07, 6.45) is 9.19. The average Bonchev–Trinajstić information content (AvgIpc) is 3.44. The van der Waals surface area contributed by atoms with Crippen LogP contribution in [0.15, 0.2) is 36.9 Å². The van der Waals surface area contributed by atoms with Crippen molar-refractivity contribution in [2.24, 2.45) is 0 Å². The maximum Gasteiger partial charge on any atom is 0.273 e. The van der Waals surface area contributed by atoms with Gasteiger partial charge in [-0.1, -0.05) is 11.3 Å². The molecular formula is C22H19FN8O2. The number of nitrogens with zero attached hydrogens (tertiary/aromatic N) is 7. The van der Waals surface area contributed by atoms with E-state index in [1.54, 1.807) is 0 Å². The molecule has 10 nitrogen and oxygen atoms in total. The van der Waals surface area contributed by atoms with Crippen LogP contribution in [0.3, 0.4) is 0 Å². The van der Waals surface area contributed by atoms with Crippen LogP contribution in [-0.2, 0) is 13.1 Å². The third-order valence-corrected chi connectivity index (χ3v) is 5.50. The molecule has 1 aliphatic carbocycles. The van der Waals surface area contributed by atoms with E-state index in [2.05, 4.69) is 37.9 Å². The summed E-state index contributed by atoms with van der Waals surface area (Å²) in [6, 6.07) is 5.97. The smallest absolute Gasteiger partial charge is 0.273 e. The minimum absolute atomic E-state index is 0.00828. The summed E-state index contributed by atoms with van der Waals surface area (Å²) in [5, 5.41) is 19.6. The minimum atomic E-state index is -0.794. The van der Waals surface area contributed by atoms with E-state index in [-0.39, 0.29) is 29.2 Å². The van der Waals surface area contributed by atoms with Crippen molar-refractivity contribution in [1.29, 1.82) is 5.26 Å². The van der Waals surface area contributed by atoms with Crippen LogP contribution in [0.5, 0.6) is 5.88 Å². The average molecular weight is 446 g/mol. The molecule has 0 radical (unpaired) electrons. The van der Waals surface area contributed by atoms with E-state index in [0.717, 1.165) is 11.3 Å². The maximum atomic E-state index is 14.4. The molecule has 0 bridgehead atoms. The van der Waals surface area contributed by atoms with Crippen molar-refractivity contribution in [3.8, 4) is 11.9 Å². The Morgan fingerprint density at radius 2 is 2.18 bits per heavy atom. The van der Waals surface area contributed by atoms with Gasteiger partial charge < -0.3 is 14.5 Å². The summed E-state index contributed by atoms with van der Waals surface area (Å²) in [5.41, 5.74) is 3.00. The number of hydrogen-bond donors (Lipinski definition) is 1. The Bertz CT molecular complexity index is 1400. The number of carbonyl (C=O) groups excluding carboxylic acids is 1. The fraction of sp³-hybridized carbons (Fsp3) is 0.273. The molecule has 1 fully saturated rings. The molecule has 4 aromatic rings. The highest BCUT2D eigenvalue weighted by atomic mass is 19.1. The Morgan fingerprint density at radius 3 is 2.94 bits per heavy atom. The van der Waals surface area contributed by atoms with Gasteiger partial charge in [-0.15, -0.1) is 5.10 Å². The second-order valence-electron chi connectivity index (χ2n) is 7.80. The second-order valence-corrected chi connectivity index (χ2v) is 7.80. The zero-order valence-electron chi connectivity index (χ0n) is 17.7. The number of amides is 1. The number of halogens is 1. The number of ether oxygens (including phenoxy) is 1. The highest BCUT2D eigenvalue weighted by molar-refractivity contribution is 5.91. The quantitative estimate of drug-likeness (QED) is 0.462. The first-order valence-electron chi connectivity index (χ1n) is 10.3. The van der Waals surface area contributed by atoms with E-state index in [1.165, 1.54) is 42.6 Å². The minimum Gasteiger partial charge on any atom is -0.479 e. The van der Waals surface area contributed by atoms with Crippen LogP contribution >= 0.6 is 0 Å². The second kappa shape index (κ2) is 8.31. The van der Waals surface area contributed by atoms with E-state index >= 15 is 0 Å². The number of imidazole rings is 1. The number of fused-ring (bicyclic) bond motifs is 1. The third-order valence-electron chi connectivity index (χ3n) is 5.50. The van der Waals surface area contributed by atoms with Crippen LogP contribution in [0.25, 0.3) is 5.65 Å². The van der Waals surface area contributed by atoms with Crippen LogP contribution in [0.4, 0.5) is 4.39 Å². The molecule has 0 unspecified atom stereocenters. The number of nitrogens with one attached hydrogen (secondary N) is 1. The van der Waals surface area contributed by atoms with Crippen LogP contribution in [0.2, 0.25) is 0 Å². The molecule has 1 N–H and O–H groups in total. The molecule has 1 saturated carbocycles. The molecular weight excluding hydrogens is 427 g/mol. The number of hydrogen-bond acceptors (Lipinski definition) is 7. The van der Waals surface area contributed by atoms with Gasteiger partial charge >= 0.3 is 0 Å². The molecule has 5 rings (SSSR count). The van der Waals surface area contributed by atoms with E-state index in [0.29, 0.717) is 12.5 Å². The molecule has 0 aliphatic heterocycles. The molecule has 0 saturated heterocycles. The Kier molecular flexibility index (Phi) is 5.18. The first kappa shape index (κ1) is 20.6. The number of methoxy groups -OCH3 is 1. The Morgan fingerprint density at radius 1 is 1.33 bits per heavy atom. The number of carbonyl (C=O) groups is 1. The van der Waals surface area contributed by atoms with Gasteiger partial charge in [0.25, 0.3) is 11.8 Å². The lowest BCUT2D eigenvalue weighted by Gasteiger charge is -2.09. The summed E-state index contributed by atoms with van der Waals surface area (Å²) in [5.74, 6) is -0.940. The van der Waals surface area contributed by atoms with Gasteiger partial charge in [0.05, 0.1) is 31.1 Å². The van der Waals surface area contributed by atoms with Crippen molar-refractivity contribution in [2.75, 3.05) is 7.11 Å². The monoisotopic (exact) mass is 446 g/mol. The van der Waals surface area contributed by atoms with Gasteiger partial charge in [-0.3, -0.25) is 4.79 Å². The normalized spacial score (nSPS) is 13.1. The SMILES string of the molecule is COc1ncc(C#N)c(CNC(=O)c2cn(Cc3cn4cc(C5CC5)ccc4n3)nn2)c1F. The summed E-state index contributed by atoms with van der Waals surface area (Å²) >= 11 is 0. The number of nitriles is 1. The van der Waals surface area contributed by atoms with E-state index < -0.39 is 11.7 Å². The first-order chi connectivity index (χ1) is 16.1. The van der Waals surface area contributed by atoms with Gasteiger partial charge in [0.2, 0.25) is 0 Å². The van der Waals surface area contributed by atoms with Gasteiger partial charge in [-0.2, -0.15) is 5.26 Å². The largest absolute Gasteiger partial charge is 0.479 e. The molecule has 4 heterocycles. The lowest BCUT2D eigenvalue weighted by molar-refractivity contribution is 0.0945. The molecule has 166 valence electrons. The predicted molar refractivity (Wildman–Crippen MR) is 113 cm³/mol. The van der Waals surface area contributed by atoms with Crippen molar-refractivity contribution in [3.63, 3.8) is 0 Å². The zero-order valence-corrected chi connectivity index (χ0v) is 17.7. The summed E-state index contributed by atoms with van der Waals surface area (Å²) in [7, 11) is 1.27. The molecule has 11 heteroatoms. The fourth-order valence-electron chi connectivity index (χ4n) is 3.62. The van der Waals surface area contributed by atoms with E-state index in [1.807, 2.05) is 22.7 Å². The molecule has 0 atom stereocenters. The lowest BCUT2D eigenvalue weighted by atomic mass is 10.1. The number of rotatable bonds is 7. The highest BCUT2D eigenvalue weighted by Crippen LogP contribution is 2.39. The first-order valence-corrected chi connectivity index (χ1v) is 10.3. The van der Waals surface area contributed by atoms with Crippen molar-refractivity contribution < 1.29 is 13.9 Å². The molecule has 33 heavy (non-hydrogen) atoms. The highest BCUT2D eigenvalue weighted by Gasteiger charge is 2.24. The lowest BCUT2D eigenvalue weighted by Crippen LogP contribution is -2.24. The van der Waals surface area contributed by atoms with Crippen molar-refractivity contribution in [1.82, 2.24) is 34.7 Å². The van der Waals surface area contributed by atoms with Crippen molar-refractivity contribution >= 4 is 11.6 Å². The van der Waals surface area contributed by atoms with Crippen LogP contribution < -0.4 is 10.1 Å². The summed E-state index contributed by atoms with van der Waals surface area (Å²) in [4.78, 5) is 20.8. The zero-order chi connectivity index (χ0) is 22.9. The topological polar surface area (TPSA) is 123 Å². The third kappa shape index (κ3) is 4.10. The molecule has 4 aromatic heterocycles. The Labute approximate surface area is 187 Å². The summed E-state index contributed by atoms with van der Waals surface area (Å²) in [6.45, 7) is 0.116. The van der Waals surface area contributed by atoms with Gasteiger partial charge in [-0.25, -0.2) is 19.0 Å². The van der Waals surface area contributed by atoms with Crippen molar-refractivity contribution in [2.45, 2.75) is 31.8 Å². The predicted octanol–water partition coefficient (Wildman–Crippen LogP) is 2.20. The van der Waals surface area contributed by atoms with Crippen LogP contribution in [0.1, 0.15) is 51.6 Å². The Balaban J connectivity index is 1.27. The summed E-state index contributed by atoms with van der Waals surface area (Å²) < 4.78 is 22.8. The van der Waals surface area contributed by atoms with Gasteiger partial charge in [0.15, 0.2) is 11.5 Å². The van der Waals surface area contributed by atoms with Crippen molar-refractivity contribution in [3.05, 3.63) is 70.8 Å². The van der Waals surface area contributed by atoms with Crippen LogP contribution in [-0.4, -0.2) is 42.4 Å². The molecule has 1 amide bonds. The number of aromatic nitrogens is 6.